The van der Waals surface area contributed by atoms with Crippen molar-refractivity contribution >= 4 is 23.1 Å². The fraction of sp³-hybridized carbons (Fsp3) is 0.185. The monoisotopic (exact) mass is 426 g/mol. The highest BCUT2D eigenvalue weighted by atomic mass is 19.1. The number of nitrogens with one attached hydrogen (secondary N) is 1. The SMILES string of the molecule is CC(=O)N1c2ccccc2NC2=C(C(=O)C[C@@H](c3ccccc3F)C2)[C@@H]1c1ccccc1. The molecule has 0 bridgehead atoms. The maximum atomic E-state index is 14.6. The Morgan fingerprint density at radius 3 is 2.38 bits per heavy atom. The fourth-order valence-electron chi connectivity index (χ4n) is 4.92. The minimum absolute atomic E-state index is 0.0695. The molecule has 1 aliphatic heterocycles. The zero-order chi connectivity index (χ0) is 22.2. The number of para-hydroxylation sites is 2. The summed E-state index contributed by atoms with van der Waals surface area (Å²) in [6.07, 6.45) is 0.693. The Morgan fingerprint density at radius 1 is 0.938 bits per heavy atom. The summed E-state index contributed by atoms with van der Waals surface area (Å²) in [5.74, 6) is -0.776. The summed E-state index contributed by atoms with van der Waals surface area (Å²) in [4.78, 5) is 28.2. The van der Waals surface area contributed by atoms with Gasteiger partial charge < -0.3 is 5.32 Å². The van der Waals surface area contributed by atoms with Crippen LogP contribution in [0.2, 0.25) is 0 Å². The molecule has 32 heavy (non-hydrogen) atoms. The normalized spacial score (nSPS) is 20.2. The van der Waals surface area contributed by atoms with Crippen molar-refractivity contribution in [3.05, 3.63) is 107 Å². The number of rotatable bonds is 2. The number of hydrogen-bond acceptors (Lipinski definition) is 3. The molecule has 3 aromatic rings. The van der Waals surface area contributed by atoms with E-state index >= 15 is 0 Å². The van der Waals surface area contributed by atoms with Gasteiger partial charge in [0.15, 0.2) is 5.78 Å². The van der Waals surface area contributed by atoms with E-state index in [9.17, 15) is 14.0 Å². The first kappa shape index (κ1) is 20.2. The van der Waals surface area contributed by atoms with Gasteiger partial charge in [0.2, 0.25) is 5.91 Å². The fourth-order valence-corrected chi connectivity index (χ4v) is 4.92. The molecule has 0 spiro atoms. The maximum absolute atomic E-state index is 14.6. The highest BCUT2D eigenvalue weighted by molar-refractivity contribution is 6.05. The second-order valence-corrected chi connectivity index (χ2v) is 8.29. The van der Waals surface area contributed by atoms with E-state index in [0.717, 1.165) is 22.6 Å². The van der Waals surface area contributed by atoms with E-state index in [0.29, 0.717) is 17.6 Å². The lowest BCUT2D eigenvalue weighted by Gasteiger charge is -2.34. The quantitative estimate of drug-likeness (QED) is 0.568. The zero-order valence-electron chi connectivity index (χ0n) is 17.7. The lowest BCUT2D eigenvalue weighted by atomic mass is 9.78. The Kier molecular flexibility index (Phi) is 5.10. The Morgan fingerprint density at radius 2 is 1.62 bits per heavy atom. The number of carbonyl (C=O) groups is 2. The first-order valence-electron chi connectivity index (χ1n) is 10.8. The van der Waals surface area contributed by atoms with Gasteiger partial charge in [-0.3, -0.25) is 14.5 Å². The highest BCUT2D eigenvalue weighted by Crippen LogP contribution is 2.47. The number of hydrogen-bond donors (Lipinski definition) is 1. The van der Waals surface area contributed by atoms with E-state index in [1.54, 1.807) is 23.1 Å². The third kappa shape index (κ3) is 3.40. The molecule has 0 saturated heterocycles. The molecule has 0 aromatic heterocycles. The van der Waals surface area contributed by atoms with Crippen molar-refractivity contribution in [3.63, 3.8) is 0 Å². The minimum Gasteiger partial charge on any atom is -0.357 e. The molecule has 0 fully saturated rings. The molecule has 4 nitrogen and oxygen atoms in total. The van der Waals surface area contributed by atoms with Gasteiger partial charge >= 0.3 is 0 Å². The average molecular weight is 426 g/mol. The van der Waals surface area contributed by atoms with Crippen LogP contribution in [-0.4, -0.2) is 11.7 Å². The third-order valence-corrected chi connectivity index (χ3v) is 6.29. The van der Waals surface area contributed by atoms with Crippen LogP contribution < -0.4 is 10.2 Å². The molecule has 160 valence electrons. The van der Waals surface area contributed by atoms with Crippen molar-refractivity contribution in [2.45, 2.75) is 31.7 Å². The summed E-state index contributed by atoms with van der Waals surface area (Å²) in [5.41, 5.74) is 4.22. The third-order valence-electron chi connectivity index (χ3n) is 6.29. The summed E-state index contributed by atoms with van der Waals surface area (Å²) in [6.45, 7) is 1.52. The van der Waals surface area contributed by atoms with Crippen molar-refractivity contribution in [1.29, 1.82) is 0 Å². The topological polar surface area (TPSA) is 49.4 Å². The van der Waals surface area contributed by atoms with E-state index in [1.807, 2.05) is 54.6 Å². The first-order valence-corrected chi connectivity index (χ1v) is 10.8. The van der Waals surface area contributed by atoms with Gasteiger partial charge in [0.1, 0.15) is 5.82 Å². The van der Waals surface area contributed by atoms with Gasteiger partial charge in [0.05, 0.1) is 17.4 Å². The molecule has 1 N–H and O–H groups in total. The molecule has 0 unspecified atom stereocenters. The van der Waals surface area contributed by atoms with E-state index < -0.39 is 6.04 Å². The summed E-state index contributed by atoms with van der Waals surface area (Å²) < 4.78 is 14.6. The van der Waals surface area contributed by atoms with Crippen LogP contribution >= 0.6 is 0 Å². The second kappa shape index (κ2) is 8.08. The molecule has 1 amide bonds. The van der Waals surface area contributed by atoms with Gasteiger partial charge in [-0.05, 0) is 41.7 Å². The number of ketones is 1. The molecular formula is C27H23FN2O2. The van der Waals surface area contributed by atoms with Crippen molar-refractivity contribution < 1.29 is 14.0 Å². The van der Waals surface area contributed by atoms with Crippen LogP contribution in [-0.2, 0) is 9.59 Å². The van der Waals surface area contributed by atoms with Crippen LogP contribution in [0.4, 0.5) is 15.8 Å². The van der Waals surface area contributed by atoms with E-state index in [1.165, 1.54) is 13.0 Å². The number of fused-ring (bicyclic) bond motifs is 1. The molecule has 1 heterocycles. The van der Waals surface area contributed by atoms with E-state index in [-0.39, 0.29) is 29.8 Å². The molecule has 5 heteroatoms. The van der Waals surface area contributed by atoms with Gasteiger partial charge in [-0.25, -0.2) is 4.39 Å². The molecule has 2 aliphatic rings. The average Bonchev–Trinajstić information content (AvgIpc) is 2.94. The number of allylic oxidation sites excluding steroid dienone is 1. The van der Waals surface area contributed by atoms with Gasteiger partial charge in [0.25, 0.3) is 0 Å². The van der Waals surface area contributed by atoms with Crippen LogP contribution in [0.3, 0.4) is 0 Å². The summed E-state index contributed by atoms with van der Waals surface area (Å²) >= 11 is 0. The lowest BCUT2D eigenvalue weighted by Crippen LogP contribution is -2.37. The van der Waals surface area contributed by atoms with E-state index in [2.05, 4.69) is 5.32 Å². The number of amides is 1. The predicted molar refractivity (Wildman–Crippen MR) is 123 cm³/mol. The van der Waals surface area contributed by atoms with E-state index in [4.69, 9.17) is 0 Å². The largest absolute Gasteiger partial charge is 0.357 e. The lowest BCUT2D eigenvalue weighted by molar-refractivity contribution is -0.117. The number of Topliss-reactive ketones (excluding diaryl/α,β-unsaturated/α-hetero) is 1. The van der Waals surface area contributed by atoms with Crippen molar-refractivity contribution in [2.75, 3.05) is 10.2 Å². The number of benzene rings is 3. The number of anilines is 2. The predicted octanol–water partition coefficient (Wildman–Crippen LogP) is 5.75. The first-order chi connectivity index (χ1) is 15.5. The Bertz CT molecular complexity index is 1240. The molecule has 0 radical (unpaired) electrons. The van der Waals surface area contributed by atoms with Crippen LogP contribution in [0.1, 0.15) is 42.9 Å². The summed E-state index contributed by atoms with van der Waals surface area (Å²) in [6, 6.07) is 23.3. The number of halogens is 1. The molecule has 5 rings (SSSR count). The Labute approximate surface area is 186 Å². The molecule has 1 aliphatic carbocycles. The Hall–Kier alpha value is -3.73. The highest BCUT2D eigenvalue weighted by Gasteiger charge is 2.41. The van der Waals surface area contributed by atoms with Crippen molar-refractivity contribution in [2.24, 2.45) is 0 Å². The molecule has 2 atom stereocenters. The van der Waals surface area contributed by atoms with Crippen LogP contribution in [0.15, 0.2) is 90.1 Å². The van der Waals surface area contributed by atoms with Crippen molar-refractivity contribution in [3.8, 4) is 0 Å². The van der Waals surface area contributed by atoms with Crippen LogP contribution in [0, 0.1) is 5.82 Å². The smallest absolute Gasteiger partial charge is 0.224 e. The van der Waals surface area contributed by atoms with Gasteiger partial charge in [0, 0.05) is 24.6 Å². The molecule has 0 saturated carbocycles. The standard InChI is InChI=1S/C27H23FN2O2/c1-17(31)30-24-14-8-7-13-22(24)29-23-15-19(20-11-5-6-12-21(20)28)16-25(32)26(23)27(30)18-9-3-2-4-10-18/h2-14,19,27,29H,15-16H2,1H3/t19-,27-/m0/s1. The molecular weight excluding hydrogens is 403 g/mol. The van der Waals surface area contributed by atoms with Gasteiger partial charge in [-0.1, -0.05) is 60.7 Å². The Balaban J connectivity index is 1.71. The van der Waals surface area contributed by atoms with Crippen LogP contribution in [0.5, 0.6) is 0 Å². The number of nitrogens with zero attached hydrogens (tertiary/aromatic N) is 1. The van der Waals surface area contributed by atoms with Crippen LogP contribution in [0.25, 0.3) is 0 Å². The zero-order valence-corrected chi connectivity index (χ0v) is 17.7. The van der Waals surface area contributed by atoms with Gasteiger partial charge in [-0.2, -0.15) is 0 Å². The second-order valence-electron chi connectivity index (χ2n) is 8.29. The minimum atomic E-state index is -0.547. The summed E-state index contributed by atoms with van der Waals surface area (Å²) in [7, 11) is 0. The van der Waals surface area contributed by atoms with Gasteiger partial charge in [-0.15, -0.1) is 0 Å². The molecule has 3 aromatic carbocycles. The maximum Gasteiger partial charge on any atom is 0.224 e. The van der Waals surface area contributed by atoms with Crippen molar-refractivity contribution in [1.82, 2.24) is 0 Å². The summed E-state index contributed by atoms with van der Waals surface area (Å²) in [5, 5.41) is 3.44. The number of carbonyl (C=O) groups excluding carboxylic acids is 2.